The van der Waals surface area contributed by atoms with Crippen LogP contribution < -0.4 is 11.1 Å². The molecule has 1 aromatic rings. The Hall–Kier alpha value is -0.870. The standard InChI is InChI=1S/C9H18N4/c1-6-9(8(5-10)11-3)7(2)13(4)12-6/h8,11H,5,10H2,1-4H3. The van der Waals surface area contributed by atoms with Gasteiger partial charge in [0.1, 0.15) is 0 Å². The first-order valence-corrected chi connectivity index (χ1v) is 4.49. The second-order valence-electron chi connectivity index (χ2n) is 3.29. The highest BCUT2D eigenvalue weighted by atomic mass is 15.3. The molecule has 0 aromatic carbocycles. The summed E-state index contributed by atoms with van der Waals surface area (Å²) in [5.74, 6) is 0. The summed E-state index contributed by atoms with van der Waals surface area (Å²) in [7, 11) is 3.87. The third kappa shape index (κ3) is 1.73. The van der Waals surface area contributed by atoms with Gasteiger partial charge in [0.05, 0.1) is 5.69 Å². The van der Waals surface area contributed by atoms with Gasteiger partial charge in [-0.05, 0) is 20.9 Å². The van der Waals surface area contributed by atoms with E-state index in [9.17, 15) is 0 Å². The van der Waals surface area contributed by atoms with Gasteiger partial charge >= 0.3 is 0 Å². The molecule has 3 N–H and O–H groups in total. The smallest absolute Gasteiger partial charge is 0.0644 e. The SMILES string of the molecule is CNC(CN)c1c(C)nn(C)c1C. The summed E-state index contributed by atoms with van der Waals surface area (Å²) in [4.78, 5) is 0. The van der Waals surface area contributed by atoms with Crippen molar-refractivity contribution < 1.29 is 0 Å². The zero-order valence-electron chi connectivity index (χ0n) is 8.76. The Morgan fingerprint density at radius 3 is 2.46 bits per heavy atom. The quantitative estimate of drug-likeness (QED) is 0.705. The van der Waals surface area contributed by atoms with Gasteiger partial charge in [-0.15, -0.1) is 0 Å². The number of nitrogens with one attached hydrogen (secondary N) is 1. The van der Waals surface area contributed by atoms with Crippen LogP contribution in [0.5, 0.6) is 0 Å². The van der Waals surface area contributed by atoms with Crippen molar-refractivity contribution >= 4 is 0 Å². The van der Waals surface area contributed by atoms with E-state index in [0.29, 0.717) is 6.54 Å². The van der Waals surface area contributed by atoms with Gasteiger partial charge < -0.3 is 11.1 Å². The molecule has 13 heavy (non-hydrogen) atoms. The largest absolute Gasteiger partial charge is 0.329 e. The van der Waals surface area contributed by atoms with E-state index in [2.05, 4.69) is 17.3 Å². The lowest BCUT2D eigenvalue weighted by Gasteiger charge is -2.14. The van der Waals surface area contributed by atoms with Crippen LogP contribution in [0.1, 0.15) is 23.0 Å². The lowest BCUT2D eigenvalue weighted by Crippen LogP contribution is -2.25. The van der Waals surface area contributed by atoms with Crippen LogP contribution in [-0.4, -0.2) is 23.4 Å². The molecule has 0 saturated heterocycles. The van der Waals surface area contributed by atoms with E-state index < -0.39 is 0 Å². The van der Waals surface area contributed by atoms with Crippen molar-refractivity contribution in [2.24, 2.45) is 12.8 Å². The fraction of sp³-hybridized carbons (Fsp3) is 0.667. The lowest BCUT2D eigenvalue weighted by molar-refractivity contribution is 0.597. The molecule has 4 nitrogen and oxygen atoms in total. The Morgan fingerprint density at radius 2 is 2.15 bits per heavy atom. The molecule has 1 aromatic heterocycles. The fourth-order valence-electron chi connectivity index (χ4n) is 1.67. The molecule has 0 fully saturated rings. The van der Waals surface area contributed by atoms with Crippen LogP contribution in [0.4, 0.5) is 0 Å². The van der Waals surface area contributed by atoms with Crippen molar-refractivity contribution in [1.82, 2.24) is 15.1 Å². The Kier molecular flexibility index (Phi) is 3.06. The molecule has 1 atom stereocenters. The summed E-state index contributed by atoms with van der Waals surface area (Å²) >= 11 is 0. The van der Waals surface area contributed by atoms with Crippen LogP contribution in [0.3, 0.4) is 0 Å². The average Bonchev–Trinajstić information content (AvgIpc) is 2.34. The number of rotatable bonds is 3. The van der Waals surface area contributed by atoms with Crippen LogP contribution in [0, 0.1) is 13.8 Å². The number of hydrogen-bond donors (Lipinski definition) is 2. The molecule has 0 saturated carbocycles. The number of nitrogens with zero attached hydrogens (tertiary/aromatic N) is 2. The molecule has 1 unspecified atom stereocenters. The molecule has 0 radical (unpaired) electrons. The van der Waals surface area contributed by atoms with E-state index >= 15 is 0 Å². The minimum atomic E-state index is 0.216. The van der Waals surface area contributed by atoms with E-state index in [1.54, 1.807) is 0 Å². The second kappa shape index (κ2) is 3.89. The maximum absolute atomic E-state index is 5.66. The molecule has 0 aliphatic heterocycles. The molecule has 0 spiro atoms. The van der Waals surface area contributed by atoms with Crippen LogP contribution in [0.15, 0.2) is 0 Å². The highest BCUT2D eigenvalue weighted by Crippen LogP contribution is 2.19. The molecule has 0 amide bonds. The lowest BCUT2D eigenvalue weighted by atomic mass is 10.1. The zero-order chi connectivity index (χ0) is 10.0. The van der Waals surface area contributed by atoms with Gasteiger partial charge in [0, 0.05) is 30.9 Å². The molecule has 4 heteroatoms. The van der Waals surface area contributed by atoms with Gasteiger partial charge in [-0.1, -0.05) is 0 Å². The van der Waals surface area contributed by atoms with E-state index in [4.69, 9.17) is 5.73 Å². The van der Waals surface area contributed by atoms with Crippen molar-refractivity contribution in [2.45, 2.75) is 19.9 Å². The van der Waals surface area contributed by atoms with Crippen LogP contribution in [0.2, 0.25) is 0 Å². The zero-order valence-corrected chi connectivity index (χ0v) is 8.76. The fourth-order valence-corrected chi connectivity index (χ4v) is 1.67. The maximum atomic E-state index is 5.66. The van der Waals surface area contributed by atoms with Crippen LogP contribution in [-0.2, 0) is 7.05 Å². The van der Waals surface area contributed by atoms with Crippen molar-refractivity contribution in [3.05, 3.63) is 17.0 Å². The number of nitrogens with two attached hydrogens (primary N) is 1. The van der Waals surface area contributed by atoms with Gasteiger partial charge in [0.2, 0.25) is 0 Å². The third-order valence-electron chi connectivity index (χ3n) is 2.50. The summed E-state index contributed by atoms with van der Waals surface area (Å²) in [6, 6.07) is 0.216. The Bertz CT molecular complexity index is 286. The van der Waals surface area contributed by atoms with E-state index in [1.807, 2.05) is 25.7 Å². The first-order valence-electron chi connectivity index (χ1n) is 4.49. The second-order valence-corrected chi connectivity index (χ2v) is 3.29. The molecule has 0 aliphatic carbocycles. The normalized spacial score (nSPS) is 13.3. The van der Waals surface area contributed by atoms with Crippen molar-refractivity contribution in [3.8, 4) is 0 Å². The molecule has 0 bridgehead atoms. The predicted molar refractivity (Wildman–Crippen MR) is 53.5 cm³/mol. The monoisotopic (exact) mass is 182 g/mol. The van der Waals surface area contributed by atoms with Crippen molar-refractivity contribution in [1.29, 1.82) is 0 Å². The molecule has 1 heterocycles. The molecular weight excluding hydrogens is 164 g/mol. The molecular formula is C9H18N4. The van der Waals surface area contributed by atoms with Gasteiger partial charge in [0.15, 0.2) is 0 Å². The number of aromatic nitrogens is 2. The Balaban J connectivity index is 3.11. The molecule has 74 valence electrons. The summed E-state index contributed by atoms with van der Waals surface area (Å²) < 4.78 is 1.89. The first-order chi connectivity index (χ1) is 6.11. The van der Waals surface area contributed by atoms with Gasteiger partial charge in [-0.25, -0.2) is 0 Å². The summed E-state index contributed by atoms with van der Waals surface area (Å²) in [6.45, 7) is 4.68. The topological polar surface area (TPSA) is 55.9 Å². The van der Waals surface area contributed by atoms with Crippen molar-refractivity contribution in [3.63, 3.8) is 0 Å². The van der Waals surface area contributed by atoms with Gasteiger partial charge in [0.25, 0.3) is 0 Å². The number of likely N-dealkylation sites (N-methyl/N-ethyl adjacent to an activating group) is 1. The summed E-state index contributed by atoms with van der Waals surface area (Å²) in [6.07, 6.45) is 0. The predicted octanol–water partition coefficient (Wildman–Crippen LogP) is 0.256. The van der Waals surface area contributed by atoms with Gasteiger partial charge in [-0.2, -0.15) is 5.10 Å². The average molecular weight is 182 g/mol. The summed E-state index contributed by atoms with van der Waals surface area (Å²) in [5, 5.41) is 7.53. The van der Waals surface area contributed by atoms with E-state index in [1.165, 1.54) is 11.3 Å². The van der Waals surface area contributed by atoms with E-state index in [-0.39, 0.29) is 6.04 Å². The molecule has 1 rings (SSSR count). The number of aryl methyl sites for hydroxylation is 2. The third-order valence-corrected chi connectivity index (χ3v) is 2.50. The first kappa shape index (κ1) is 10.2. The summed E-state index contributed by atoms with van der Waals surface area (Å²) in [5.41, 5.74) is 9.13. The van der Waals surface area contributed by atoms with Gasteiger partial charge in [-0.3, -0.25) is 4.68 Å². The van der Waals surface area contributed by atoms with E-state index in [0.717, 1.165) is 5.69 Å². The van der Waals surface area contributed by atoms with Crippen molar-refractivity contribution in [2.75, 3.05) is 13.6 Å². The highest BCUT2D eigenvalue weighted by molar-refractivity contribution is 5.28. The maximum Gasteiger partial charge on any atom is 0.0644 e. The van der Waals surface area contributed by atoms with Crippen LogP contribution >= 0.6 is 0 Å². The Morgan fingerprint density at radius 1 is 1.54 bits per heavy atom. The molecule has 0 aliphatic rings. The Labute approximate surface area is 79.1 Å². The number of hydrogen-bond acceptors (Lipinski definition) is 3. The minimum Gasteiger partial charge on any atom is -0.329 e. The van der Waals surface area contributed by atoms with Crippen LogP contribution in [0.25, 0.3) is 0 Å². The highest BCUT2D eigenvalue weighted by Gasteiger charge is 2.16. The minimum absolute atomic E-state index is 0.216.